The molecule has 2 aliphatic rings. The van der Waals surface area contributed by atoms with E-state index in [1.54, 1.807) is 0 Å². The zero-order valence-corrected chi connectivity index (χ0v) is 8.28. The Morgan fingerprint density at radius 2 is 2.25 bits per heavy atom. The predicted molar refractivity (Wildman–Crippen MR) is 49.7 cm³/mol. The van der Waals surface area contributed by atoms with Crippen LogP contribution in [0.25, 0.3) is 0 Å². The van der Waals surface area contributed by atoms with Crippen molar-refractivity contribution in [1.29, 1.82) is 0 Å². The van der Waals surface area contributed by atoms with Crippen LogP contribution in [0.15, 0.2) is 0 Å². The van der Waals surface area contributed by atoms with Crippen LogP contribution in [0.2, 0.25) is 0 Å². The SMILES string of the molecule is CN1C(=S)N[C@H]2CS(=O)(=O)C[C@@H]21. The summed E-state index contributed by atoms with van der Waals surface area (Å²) in [5.74, 6) is 0.462. The first kappa shape index (κ1) is 8.25. The Morgan fingerprint density at radius 1 is 1.58 bits per heavy atom. The lowest BCUT2D eigenvalue weighted by Gasteiger charge is -2.15. The van der Waals surface area contributed by atoms with E-state index < -0.39 is 9.84 Å². The van der Waals surface area contributed by atoms with Crippen molar-refractivity contribution in [3.05, 3.63) is 0 Å². The van der Waals surface area contributed by atoms with E-state index in [9.17, 15) is 8.42 Å². The molecule has 0 bridgehead atoms. The largest absolute Gasteiger partial charge is 0.357 e. The highest BCUT2D eigenvalue weighted by molar-refractivity contribution is 7.91. The minimum absolute atomic E-state index is 0.0208. The molecule has 2 heterocycles. The Morgan fingerprint density at radius 3 is 2.83 bits per heavy atom. The highest BCUT2D eigenvalue weighted by Gasteiger charge is 2.45. The maximum absolute atomic E-state index is 11.2. The molecule has 6 heteroatoms. The van der Waals surface area contributed by atoms with Crippen molar-refractivity contribution in [2.75, 3.05) is 18.6 Å². The number of likely N-dealkylation sites (N-methyl/N-ethyl adjacent to an activating group) is 1. The van der Waals surface area contributed by atoms with E-state index >= 15 is 0 Å². The molecule has 2 atom stereocenters. The van der Waals surface area contributed by atoms with Gasteiger partial charge >= 0.3 is 0 Å². The lowest BCUT2D eigenvalue weighted by atomic mass is 10.2. The summed E-state index contributed by atoms with van der Waals surface area (Å²) in [7, 11) is -0.991. The average molecular weight is 206 g/mol. The molecule has 0 aromatic rings. The van der Waals surface area contributed by atoms with Crippen LogP contribution in [0.5, 0.6) is 0 Å². The Bertz CT molecular complexity index is 324. The quantitative estimate of drug-likeness (QED) is 0.514. The highest BCUT2D eigenvalue weighted by atomic mass is 32.2. The third-order valence-electron chi connectivity index (χ3n) is 2.45. The molecule has 12 heavy (non-hydrogen) atoms. The molecule has 68 valence electrons. The van der Waals surface area contributed by atoms with E-state index in [0.717, 1.165) is 0 Å². The van der Waals surface area contributed by atoms with Crippen molar-refractivity contribution in [2.45, 2.75) is 12.1 Å². The van der Waals surface area contributed by atoms with Crippen LogP contribution >= 0.6 is 12.2 Å². The number of sulfone groups is 1. The van der Waals surface area contributed by atoms with Crippen molar-refractivity contribution >= 4 is 27.2 Å². The number of rotatable bonds is 0. The van der Waals surface area contributed by atoms with Gasteiger partial charge in [0.1, 0.15) is 0 Å². The maximum atomic E-state index is 11.2. The lowest BCUT2D eigenvalue weighted by molar-refractivity contribution is 0.416. The van der Waals surface area contributed by atoms with Crippen molar-refractivity contribution in [3.8, 4) is 0 Å². The van der Waals surface area contributed by atoms with Crippen LogP contribution in [-0.4, -0.2) is 49.1 Å². The monoisotopic (exact) mass is 206 g/mol. The van der Waals surface area contributed by atoms with Gasteiger partial charge in [0.25, 0.3) is 0 Å². The molecular weight excluding hydrogens is 196 g/mol. The summed E-state index contributed by atoms with van der Waals surface area (Å²) in [4.78, 5) is 1.84. The van der Waals surface area contributed by atoms with Crippen LogP contribution in [0.3, 0.4) is 0 Å². The fraction of sp³-hybridized carbons (Fsp3) is 0.833. The Balaban J connectivity index is 2.27. The molecule has 0 radical (unpaired) electrons. The van der Waals surface area contributed by atoms with Gasteiger partial charge in [-0.25, -0.2) is 8.42 Å². The highest BCUT2D eigenvalue weighted by Crippen LogP contribution is 2.22. The van der Waals surface area contributed by atoms with Crippen molar-refractivity contribution < 1.29 is 8.42 Å². The molecule has 2 rings (SSSR count). The molecule has 2 fully saturated rings. The zero-order chi connectivity index (χ0) is 8.93. The van der Waals surface area contributed by atoms with Crippen molar-refractivity contribution in [2.24, 2.45) is 0 Å². The normalized spacial score (nSPS) is 38.1. The average Bonchev–Trinajstić information content (AvgIpc) is 2.33. The summed E-state index contributed by atoms with van der Waals surface area (Å²) in [6, 6.07) is 0.0787. The lowest BCUT2D eigenvalue weighted by Crippen LogP contribution is -2.32. The molecule has 0 aromatic carbocycles. The first-order valence-electron chi connectivity index (χ1n) is 3.73. The molecule has 0 unspecified atom stereocenters. The number of thiocarbonyl (C=S) groups is 1. The molecule has 0 aromatic heterocycles. The molecule has 0 spiro atoms. The second-order valence-electron chi connectivity index (χ2n) is 3.31. The molecule has 0 saturated carbocycles. The van der Waals surface area contributed by atoms with Gasteiger partial charge < -0.3 is 10.2 Å². The number of hydrogen-bond acceptors (Lipinski definition) is 3. The minimum Gasteiger partial charge on any atom is -0.357 e. The maximum Gasteiger partial charge on any atom is 0.169 e. The van der Waals surface area contributed by atoms with E-state index in [4.69, 9.17) is 12.2 Å². The van der Waals surface area contributed by atoms with E-state index in [1.807, 2.05) is 11.9 Å². The van der Waals surface area contributed by atoms with Gasteiger partial charge in [-0.05, 0) is 12.2 Å². The van der Waals surface area contributed by atoms with Gasteiger partial charge in [0.05, 0.1) is 23.6 Å². The molecule has 4 nitrogen and oxygen atoms in total. The van der Waals surface area contributed by atoms with Gasteiger partial charge in [-0.1, -0.05) is 0 Å². The molecule has 2 saturated heterocycles. The van der Waals surface area contributed by atoms with Gasteiger partial charge in [0.15, 0.2) is 14.9 Å². The molecular formula is C6H10N2O2S2. The Labute approximate surface area is 76.8 Å². The molecule has 0 aliphatic carbocycles. The van der Waals surface area contributed by atoms with E-state index in [1.165, 1.54) is 0 Å². The third kappa shape index (κ3) is 1.09. The Kier molecular flexibility index (Phi) is 1.60. The van der Waals surface area contributed by atoms with Crippen LogP contribution in [0, 0.1) is 0 Å². The summed E-state index contributed by atoms with van der Waals surface area (Å²) in [5.41, 5.74) is 0. The summed E-state index contributed by atoms with van der Waals surface area (Å²) in [6.45, 7) is 0. The van der Waals surface area contributed by atoms with Gasteiger partial charge in [-0.2, -0.15) is 0 Å². The first-order valence-corrected chi connectivity index (χ1v) is 5.96. The van der Waals surface area contributed by atoms with Crippen LogP contribution in [0.4, 0.5) is 0 Å². The fourth-order valence-electron chi connectivity index (χ4n) is 1.76. The minimum atomic E-state index is -2.83. The van der Waals surface area contributed by atoms with E-state index in [0.29, 0.717) is 5.11 Å². The molecule has 0 amide bonds. The van der Waals surface area contributed by atoms with E-state index in [-0.39, 0.29) is 23.6 Å². The summed E-state index contributed by atoms with van der Waals surface area (Å²) in [6.07, 6.45) is 0. The summed E-state index contributed by atoms with van der Waals surface area (Å²) >= 11 is 4.99. The molecule has 1 N–H and O–H groups in total. The van der Waals surface area contributed by atoms with Crippen LogP contribution in [0.1, 0.15) is 0 Å². The third-order valence-corrected chi connectivity index (χ3v) is 4.57. The van der Waals surface area contributed by atoms with Gasteiger partial charge in [0.2, 0.25) is 0 Å². The Hall–Kier alpha value is -0.360. The zero-order valence-electron chi connectivity index (χ0n) is 6.65. The van der Waals surface area contributed by atoms with Gasteiger partial charge in [-0.3, -0.25) is 0 Å². The smallest absolute Gasteiger partial charge is 0.169 e. The van der Waals surface area contributed by atoms with Crippen molar-refractivity contribution in [1.82, 2.24) is 10.2 Å². The summed E-state index contributed by atoms with van der Waals surface area (Å²) < 4.78 is 22.4. The van der Waals surface area contributed by atoms with Crippen LogP contribution in [-0.2, 0) is 9.84 Å². The number of nitrogens with one attached hydrogen (secondary N) is 1. The fourth-order valence-corrected chi connectivity index (χ4v) is 4.01. The van der Waals surface area contributed by atoms with E-state index in [2.05, 4.69) is 5.32 Å². The second-order valence-corrected chi connectivity index (χ2v) is 5.85. The molecule has 2 aliphatic heterocycles. The number of nitrogens with zero attached hydrogens (tertiary/aromatic N) is 1. The second kappa shape index (κ2) is 2.32. The predicted octanol–water partition coefficient (Wildman–Crippen LogP) is -1.03. The number of fused-ring (bicyclic) bond motifs is 1. The van der Waals surface area contributed by atoms with Gasteiger partial charge in [-0.15, -0.1) is 0 Å². The topological polar surface area (TPSA) is 49.4 Å². The van der Waals surface area contributed by atoms with Gasteiger partial charge in [0, 0.05) is 7.05 Å². The standard InChI is InChI=1S/C6H10N2O2S2/c1-8-5-3-12(9,10)2-4(5)7-6(8)11/h4-5H,2-3H2,1H3,(H,7,11)/t4-,5-/m0/s1. The number of hydrogen-bond donors (Lipinski definition) is 1. The van der Waals surface area contributed by atoms with Crippen molar-refractivity contribution in [3.63, 3.8) is 0 Å². The first-order chi connectivity index (χ1) is 5.49. The van der Waals surface area contributed by atoms with Crippen LogP contribution < -0.4 is 5.32 Å². The summed E-state index contributed by atoms with van der Waals surface area (Å²) in [5, 5.41) is 3.67.